The highest BCUT2D eigenvalue weighted by Gasteiger charge is 2.37. The molecule has 1 aliphatic carbocycles. The Morgan fingerprint density at radius 1 is 0.429 bits per heavy atom. The van der Waals surface area contributed by atoms with Crippen LogP contribution in [0.3, 0.4) is 0 Å². The number of rotatable bonds is 4. The summed E-state index contributed by atoms with van der Waals surface area (Å²) in [7, 11) is 0. The summed E-state index contributed by atoms with van der Waals surface area (Å²) in [4.78, 5) is 15.5. The van der Waals surface area contributed by atoms with Crippen LogP contribution in [0.5, 0.6) is 0 Å². The lowest BCUT2D eigenvalue weighted by atomic mass is 9.63. The van der Waals surface area contributed by atoms with Crippen LogP contribution in [-0.2, 0) is 10.8 Å². The van der Waals surface area contributed by atoms with E-state index in [0.29, 0.717) is 17.5 Å². The zero-order chi connectivity index (χ0) is 37.8. The third-order valence-electron chi connectivity index (χ3n) is 12.2. The van der Waals surface area contributed by atoms with E-state index in [2.05, 4.69) is 137 Å². The maximum Gasteiger partial charge on any atom is 0.164 e. The third-order valence-corrected chi connectivity index (χ3v) is 12.2. The molecule has 0 radical (unpaired) electrons. The van der Waals surface area contributed by atoms with Crippen LogP contribution in [0.2, 0.25) is 0 Å². The molecular weight excluding hydrogens is 687 g/mol. The Hall–Kier alpha value is -6.59. The van der Waals surface area contributed by atoms with Gasteiger partial charge in [0.05, 0.1) is 0 Å². The quantitative estimate of drug-likeness (QED) is 0.181. The van der Waals surface area contributed by atoms with Gasteiger partial charge in [0.1, 0.15) is 22.3 Å². The van der Waals surface area contributed by atoms with Crippen molar-refractivity contribution in [3.8, 4) is 45.3 Å². The molecule has 10 aromatic rings. The predicted molar refractivity (Wildman–Crippen MR) is 229 cm³/mol. The fourth-order valence-electron chi connectivity index (χ4n) is 8.97. The standard InChI is InChI=1S/C51H39N3O2/c1-50(2)25-26-51(3,4)41-29-32(21-23-40(41)50)35-14-9-15-36-39-28-34(22-24-43(39)56-46(35)36)48-52-47(33-20-19-30-11-5-6-12-31(30)27-33)53-49(54-48)38-16-10-18-44-45(38)37-13-7-8-17-42(37)55-44/h5-24,27-29H,25-26H2,1-4H3. The number of aromatic nitrogens is 3. The number of furan rings is 2. The lowest BCUT2D eigenvalue weighted by Crippen LogP contribution is -2.33. The van der Waals surface area contributed by atoms with Crippen molar-refractivity contribution in [2.45, 2.75) is 51.4 Å². The van der Waals surface area contributed by atoms with Crippen LogP contribution in [0.1, 0.15) is 51.7 Å². The number of hydrogen-bond donors (Lipinski definition) is 0. The van der Waals surface area contributed by atoms with E-state index in [1.54, 1.807) is 0 Å². The van der Waals surface area contributed by atoms with Crippen molar-refractivity contribution in [1.29, 1.82) is 0 Å². The molecule has 0 bridgehead atoms. The molecule has 7 aromatic carbocycles. The number of benzene rings is 7. The molecule has 56 heavy (non-hydrogen) atoms. The summed E-state index contributed by atoms with van der Waals surface area (Å²) < 4.78 is 13.0. The zero-order valence-electron chi connectivity index (χ0n) is 31.9. The van der Waals surface area contributed by atoms with Crippen molar-refractivity contribution in [3.63, 3.8) is 0 Å². The van der Waals surface area contributed by atoms with Crippen LogP contribution >= 0.6 is 0 Å². The highest BCUT2D eigenvalue weighted by molar-refractivity contribution is 6.12. The van der Waals surface area contributed by atoms with E-state index >= 15 is 0 Å². The SMILES string of the molecule is CC1(C)CCC(C)(C)c2cc(-c3cccc4c3oc3ccc(-c5nc(-c6ccc7ccccc7c6)nc(-c6cccc7oc8ccccc8c67)n5)cc34)ccc21. The molecule has 0 N–H and O–H groups in total. The normalized spacial score (nSPS) is 14.9. The Labute approximate surface area is 324 Å². The first kappa shape index (κ1) is 32.8. The highest BCUT2D eigenvalue weighted by Crippen LogP contribution is 2.48. The topological polar surface area (TPSA) is 65.0 Å². The van der Waals surface area contributed by atoms with Crippen LogP contribution in [-0.4, -0.2) is 15.0 Å². The Balaban J connectivity index is 1.09. The molecule has 5 heteroatoms. The van der Waals surface area contributed by atoms with Gasteiger partial charge in [-0.25, -0.2) is 15.0 Å². The van der Waals surface area contributed by atoms with Crippen molar-refractivity contribution in [2.75, 3.05) is 0 Å². The molecule has 3 heterocycles. The maximum atomic E-state index is 6.71. The maximum absolute atomic E-state index is 6.71. The monoisotopic (exact) mass is 725 g/mol. The lowest BCUT2D eigenvalue weighted by molar-refractivity contribution is 0.332. The van der Waals surface area contributed by atoms with Gasteiger partial charge in [-0.1, -0.05) is 131 Å². The van der Waals surface area contributed by atoms with Crippen molar-refractivity contribution in [3.05, 3.63) is 151 Å². The van der Waals surface area contributed by atoms with Gasteiger partial charge in [0.25, 0.3) is 0 Å². The number of nitrogens with zero attached hydrogens (tertiary/aromatic N) is 3. The Morgan fingerprint density at radius 2 is 1.05 bits per heavy atom. The van der Waals surface area contributed by atoms with Crippen LogP contribution in [0.25, 0.3) is 99.9 Å². The van der Waals surface area contributed by atoms with E-state index in [0.717, 1.165) is 71.5 Å². The smallest absolute Gasteiger partial charge is 0.164 e. The van der Waals surface area contributed by atoms with Crippen molar-refractivity contribution in [1.82, 2.24) is 15.0 Å². The van der Waals surface area contributed by atoms with Crippen LogP contribution < -0.4 is 0 Å². The van der Waals surface area contributed by atoms with Gasteiger partial charge in [-0.2, -0.15) is 0 Å². The van der Waals surface area contributed by atoms with Gasteiger partial charge in [-0.05, 0) is 87.5 Å². The van der Waals surface area contributed by atoms with Crippen molar-refractivity contribution < 1.29 is 8.83 Å². The summed E-state index contributed by atoms with van der Waals surface area (Å²) in [5.74, 6) is 1.79. The number of para-hydroxylation sites is 2. The van der Waals surface area contributed by atoms with Gasteiger partial charge < -0.3 is 8.83 Å². The molecule has 5 nitrogen and oxygen atoms in total. The molecular formula is C51H39N3O2. The van der Waals surface area contributed by atoms with Gasteiger partial charge in [0, 0.05) is 43.8 Å². The van der Waals surface area contributed by atoms with E-state index in [9.17, 15) is 0 Å². The zero-order valence-corrected chi connectivity index (χ0v) is 31.9. The van der Waals surface area contributed by atoms with Gasteiger partial charge in [0.15, 0.2) is 17.5 Å². The van der Waals surface area contributed by atoms with Crippen molar-refractivity contribution in [2.24, 2.45) is 0 Å². The molecule has 0 amide bonds. The summed E-state index contributed by atoms with van der Waals surface area (Å²) in [5, 5.41) is 6.40. The first-order chi connectivity index (χ1) is 27.2. The minimum Gasteiger partial charge on any atom is -0.456 e. The first-order valence-corrected chi connectivity index (χ1v) is 19.5. The summed E-state index contributed by atoms with van der Waals surface area (Å²) in [6, 6.07) is 48.8. The highest BCUT2D eigenvalue weighted by atomic mass is 16.3. The molecule has 0 fully saturated rings. The van der Waals surface area contributed by atoms with E-state index < -0.39 is 0 Å². The lowest BCUT2D eigenvalue weighted by Gasteiger charge is -2.42. The second kappa shape index (κ2) is 12.0. The van der Waals surface area contributed by atoms with Gasteiger partial charge >= 0.3 is 0 Å². The van der Waals surface area contributed by atoms with E-state index in [4.69, 9.17) is 23.8 Å². The Kier molecular flexibility index (Phi) is 7.00. The van der Waals surface area contributed by atoms with Crippen LogP contribution in [0.15, 0.2) is 148 Å². The summed E-state index contributed by atoms with van der Waals surface area (Å²) >= 11 is 0. The fraction of sp³-hybridized carbons (Fsp3) is 0.157. The second-order valence-corrected chi connectivity index (χ2v) is 16.7. The minimum atomic E-state index is 0.114. The third kappa shape index (κ3) is 5.11. The average molecular weight is 726 g/mol. The van der Waals surface area contributed by atoms with Crippen molar-refractivity contribution >= 4 is 54.6 Å². The molecule has 1 aliphatic rings. The largest absolute Gasteiger partial charge is 0.456 e. The van der Waals surface area contributed by atoms with E-state index in [1.165, 1.54) is 34.9 Å². The molecule has 0 spiro atoms. The molecule has 0 atom stereocenters. The molecule has 11 rings (SSSR count). The van der Waals surface area contributed by atoms with Gasteiger partial charge in [-0.15, -0.1) is 0 Å². The molecule has 0 saturated heterocycles. The molecule has 3 aromatic heterocycles. The van der Waals surface area contributed by atoms with Crippen LogP contribution in [0, 0.1) is 0 Å². The first-order valence-electron chi connectivity index (χ1n) is 19.5. The van der Waals surface area contributed by atoms with Gasteiger partial charge in [0.2, 0.25) is 0 Å². The molecule has 0 aliphatic heterocycles. The number of fused-ring (bicyclic) bond motifs is 8. The summed E-state index contributed by atoms with van der Waals surface area (Å²) in [6.07, 6.45) is 2.36. The van der Waals surface area contributed by atoms with E-state index in [-0.39, 0.29) is 10.8 Å². The summed E-state index contributed by atoms with van der Waals surface area (Å²) in [6.45, 7) is 9.50. The Morgan fingerprint density at radius 3 is 1.91 bits per heavy atom. The second-order valence-electron chi connectivity index (χ2n) is 16.7. The fourth-order valence-corrected chi connectivity index (χ4v) is 8.97. The molecule has 0 unspecified atom stereocenters. The summed E-state index contributed by atoms with van der Waals surface area (Å²) in [5.41, 5.74) is 11.5. The Bertz CT molecular complexity index is 3220. The minimum absolute atomic E-state index is 0.114. The van der Waals surface area contributed by atoms with Gasteiger partial charge in [-0.3, -0.25) is 0 Å². The van der Waals surface area contributed by atoms with Crippen LogP contribution in [0.4, 0.5) is 0 Å². The predicted octanol–water partition coefficient (Wildman–Crippen LogP) is 13.8. The van der Waals surface area contributed by atoms with E-state index in [1.807, 2.05) is 30.3 Å². The molecule has 270 valence electrons. The average Bonchev–Trinajstić information content (AvgIpc) is 3.80. The molecule has 0 saturated carbocycles. The number of hydrogen-bond acceptors (Lipinski definition) is 5.